The smallest absolute Gasteiger partial charge is 0.462 e. The first-order chi connectivity index (χ1) is 28.6. The molecule has 7 N–H and O–H groups in total. The minimum Gasteiger partial charge on any atom is -0.462 e. The van der Waals surface area contributed by atoms with Gasteiger partial charge in [-0.25, -0.2) is 9.13 Å². The van der Waals surface area contributed by atoms with Gasteiger partial charge in [0.05, 0.1) is 44.6 Å². The molecular formula is C42H76O16P2. The topological polar surface area (TPSA) is 256 Å². The molecule has 0 aromatic carbocycles. The molecule has 0 saturated heterocycles. The lowest BCUT2D eigenvalue weighted by molar-refractivity contribution is -0.160. The number of phosphoric acid groups is 2. The maximum Gasteiger partial charge on any atom is 0.472 e. The predicted octanol–water partition coefficient (Wildman–Crippen LogP) is 7.27. The Bertz CT molecular complexity index is 1320. The lowest BCUT2D eigenvalue weighted by Crippen LogP contribution is -2.29. The van der Waals surface area contributed by atoms with E-state index in [0.29, 0.717) is 19.3 Å². The first kappa shape index (κ1) is 56.2. The average Bonchev–Trinajstić information content (AvgIpc) is 3.46. The van der Waals surface area contributed by atoms with Gasteiger partial charge >= 0.3 is 27.6 Å². The van der Waals surface area contributed by atoms with Crippen molar-refractivity contribution in [2.75, 3.05) is 26.4 Å². The number of carbonyl (C=O) groups excluding carboxylic acids is 2. The Morgan fingerprint density at radius 1 is 0.683 bits per heavy atom. The van der Waals surface area contributed by atoms with Crippen molar-refractivity contribution < 1.29 is 76.9 Å². The number of allylic oxidation sites excluding steroid dienone is 3. The van der Waals surface area contributed by atoms with E-state index >= 15 is 0 Å². The highest BCUT2D eigenvalue weighted by atomic mass is 31.2. The van der Waals surface area contributed by atoms with Gasteiger partial charge in [0.2, 0.25) is 0 Å². The molecule has 0 aromatic heterocycles. The molecule has 8 atom stereocenters. The van der Waals surface area contributed by atoms with Crippen LogP contribution in [0.15, 0.2) is 36.5 Å². The Balaban J connectivity index is 2.64. The standard InChI is InChI=1S/C42H76O16P2/c1-3-5-7-8-9-10-11-12-13-14-15-16-17-18-20-25-41(47)54-32-36(33-57-60(52,53)56-31-35(44)30-55-59(49,50)51)58-42(48)26-22-21-24-37-38(40(46)29-39(37)45)28-27-34(43)23-19-6-4-2/h12-13,21-22,27-28,34-40,43-46H,3-11,14-20,23-26,29-33H2,1-2H3,(H,52,53)(H2,49,50,51)/b13-12-,22-21-,28-27+/t34-,35+,36-,37+,38-,39+,40-/m1/s1. The molecule has 0 aromatic rings. The van der Waals surface area contributed by atoms with E-state index in [4.69, 9.17) is 23.8 Å². The summed E-state index contributed by atoms with van der Waals surface area (Å²) in [7, 11) is -9.81. The van der Waals surface area contributed by atoms with Gasteiger partial charge in [-0.15, -0.1) is 0 Å². The third-order valence-corrected chi connectivity index (χ3v) is 11.5. The molecule has 0 spiro atoms. The van der Waals surface area contributed by atoms with E-state index in [2.05, 4.69) is 35.0 Å². The summed E-state index contributed by atoms with van der Waals surface area (Å²) in [4.78, 5) is 52.9. The van der Waals surface area contributed by atoms with Crippen molar-refractivity contribution in [3.8, 4) is 0 Å². The van der Waals surface area contributed by atoms with Crippen LogP contribution in [0.4, 0.5) is 0 Å². The molecule has 1 aliphatic carbocycles. The number of ether oxygens (including phenoxy) is 2. The largest absolute Gasteiger partial charge is 0.472 e. The van der Waals surface area contributed by atoms with Crippen molar-refractivity contribution in [2.45, 2.75) is 179 Å². The summed E-state index contributed by atoms with van der Waals surface area (Å²) in [6, 6.07) is 0. The van der Waals surface area contributed by atoms with E-state index in [1.807, 2.05) is 0 Å². The second-order valence-electron chi connectivity index (χ2n) is 15.6. The van der Waals surface area contributed by atoms with E-state index in [9.17, 15) is 44.0 Å². The number of phosphoric ester groups is 2. The molecular weight excluding hydrogens is 822 g/mol. The number of aliphatic hydroxyl groups is 4. The van der Waals surface area contributed by atoms with Gasteiger partial charge in [0, 0.05) is 18.8 Å². The fourth-order valence-corrected chi connectivity index (χ4v) is 7.83. The van der Waals surface area contributed by atoms with E-state index in [-0.39, 0.29) is 25.2 Å². The Hall–Kier alpha value is -1.78. The lowest BCUT2D eigenvalue weighted by Gasteiger charge is -2.20. The maximum absolute atomic E-state index is 12.8. The van der Waals surface area contributed by atoms with Crippen molar-refractivity contribution in [3.05, 3.63) is 36.5 Å². The highest BCUT2D eigenvalue weighted by Crippen LogP contribution is 2.44. The molecule has 0 bridgehead atoms. The summed E-state index contributed by atoms with van der Waals surface area (Å²) in [6.45, 7) is 1.26. The number of hydrogen-bond donors (Lipinski definition) is 7. The van der Waals surface area contributed by atoms with Crippen LogP contribution in [0.1, 0.15) is 149 Å². The molecule has 0 amide bonds. The molecule has 0 heterocycles. The molecule has 1 unspecified atom stereocenters. The summed E-state index contributed by atoms with van der Waals surface area (Å²) in [5.74, 6) is -2.09. The average molecular weight is 899 g/mol. The summed E-state index contributed by atoms with van der Waals surface area (Å²) >= 11 is 0. The Kier molecular flexibility index (Phi) is 31.6. The van der Waals surface area contributed by atoms with Crippen molar-refractivity contribution >= 4 is 27.6 Å². The minimum atomic E-state index is -4.90. The highest BCUT2D eigenvalue weighted by Gasteiger charge is 2.39. The van der Waals surface area contributed by atoms with Crippen molar-refractivity contribution in [2.24, 2.45) is 11.8 Å². The van der Waals surface area contributed by atoms with Crippen LogP contribution in [0.5, 0.6) is 0 Å². The summed E-state index contributed by atoms with van der Waals surface area (Å²) < 4.78 is 47.7. The number of esters is 2. The SMILES string of the molecule is CCCCCCCC/C=C\CCCCCCCC(=O)OC[C@H](COP(=O)(O)OC[C@@H](O)COP(=O)(O)O)OC(=O)C/C=C\C[C@H]1[C@@H](/C=C/[C@H](O)CCCCC)[C@H](O)C[C@@H]1O. The summed E-state index contributed by atoms with van der Waals surface area (Å²) in [5.41, 5.74) is 0. The number of unbranched alkanes of at least 4 members (excludes halogenated alkanes) is 13. The highest BCUT2D eigenvalue weighted by molar-refractivity contribution is 7.47. The summed E-state index contributed by atoms with van der Waals surface area (Å²) in [5, 5.41) is 41.1. The van der Waals surface area contributed by atoms with Gasteiger partial charge < -0.3 is 44.6 Å². The molecule has 1 saturated carbocycles. The second-order valence-corrected chi connectivity index (χ2v) is 18.3. The van der Waals surface area contributed by atoms with Crippen LogP contribution < -0.4 is 0 Å². The Morgan fingerprint density at radius 2 is 1.27 bits per heavy atom. The fraction of sp³-hybridized carbons (Fsp3) is 0.810. The quantitative estimate of drug-likeness (QED) is 0.0140. The van der Waals surface area contributed by atoms with Gasteiger partial charge in [0.15, 0.2) is 6.10 Å². The fourth-order valence-electron chi connectivity index (χ4n) is 6.67. The van der Waals surface area contributed by atoms with Gasteiger partial charge in [-0.2, -0.15) is 0 Å². The number of aliphatic hydroxyl groups excluding tert-OH is 4. The molecule has 1 rings (SSSR count). The second kappa shape index (κ2) is 33.7. The van der Waals surface area contributed by atoms with E-state index in [0.717, 1.165) is 57.8 Å². The minimum absolute atomic E-state index is 0.119. The van der Waals surface area contributed by atoms with E-state index in [1.165, 1.54) is 44.6 Å². The molecule has 1 fully saturated rings. The van der Waals surface area contributed by atoms with E-state index in [1.54, 1.807) is 18.2 Å². The normalized spacial score (nSPS) is 21.1. The molecule has 350 valence electrons. The molecule has 18 heteroatoms. The monoisotopic (exact) mass is 898 g/mol. The van der Waals surface area contributed by atoms with Crippen LogP contribution in [0, 0.1) is 11.8 Å². The van der Waals surface area contributed by atoms with Gasteiger partial charge in [0.25, 0.3) is 0 Å². The van der Waals surface area contributed by atoms with Crippen LogP contribution >= 0.6 is 15.6 Å². The van der Waals surface area contributed by atoms with Crippen LogP contribution in [0.2, 0.25) is 0 Å². The molecule has 60 heavy (non-hydrogen) atoms. The molecule has 1 aliphatic rings. The molecule has 0 radical (unpaired) electrons. The number of carbonyl (C=O) groups is 2. The molecule has 0 aliphatic heterocycles. The van der Waals surface area contributed by atoms with Crippen LogP contribution in [0.3, 0.4) is 0 Å². The van der Waals surface area contributed by atoms with Gasteiger partial charge in [0.1, 0.15) is 12.7 Å². The van der Waals surface area contributed by atoms with E-state index < -0.39 is 90.4 Å². The summed E-state index contributed by atoms with van der Waals surface area (Å²) in [6.07, 6.45) is 24.1. The number of hydrogen-bond acceptors (Lipinski definition) is 13. The number of rotatable bonds is 37. The maximum atomic E-state index is 12.8. The zero-order valence-corrected chi connectivity index (χ0v) is 37.7. The predicted molar refractivity (Wildman–Crippen MR) is 227 cm³/mol. The van der Waals surface area contributed by atoms with Crippen molar-refractivity contribution in [3.63, 3.8) is 0 Å². The first-order valence-electron chi connectivity index (χ1n) is 21.9. The third kappa shape index (κ3) is 30.3. The zero-order valence-electron chi connectivity index (χ0n) is 35.9. The van der Waals surface area contributed by atoms with Gasteiger partial charge in [-0.1, -0.05) is 121 Å². The third-order valence-electron chi connectivity index (χ3n) is 10.1. The zero-order chi connectivity index (χ0) is 44.7. The van der Waals surface area contributed by atoms with Gasteiger partial charge in [-0.05, 0) is 50.9 Å². The van der Waals surface area contributed by atoms with Gasteiger partial charge in [-0.3, -0.25) is 23.2 Å². The van der Waals surface area contributed by atoms with Crippen LogP contribution in [-0.4, -0.2) is 104 Å². The van der Waals surface area contributed by atoms with Crippen LogP contribution in [-0.2, 0) is 41.8 Å². The van der Waals surface area contributed by atoms with Crippen LogP contribution in [0.25, 0.3) is 0 Å². The Labute approximate surface area is 357 Å². The first-order valence-corrected chi connectivity index (χ1v) is 25.0. The Morgan fingerprint density at radius 3 is 1.92 bits per heavy atom. The van der Waals surface area contributed by atoms with Crippen molar-refractivity contribution in [1.29, 1.82) is 0 Å². The lowest BCUT2D eigenvalue weighted by atomic mass is 9.89. The van der Waals surface area contributed by atoms with Crippen molar-refractivity contribution in [1.82, 2.24) is 0 Å². The molecule has 16 nitrogen and oxygen atoms in total.